The quantitative estimate of drug-likeness (QED) is 0.302. The number of rotatable bonds is 5. The van der Waals surface area contributed by atoms with Crippen LogP contribution in [0.15, 0.2) is 85.2 Å². The standard InChI is InChI=1S/C25H20N4O/c1-16(26)17-2-7-21(8-3-17)30-22-9-4-18(5-10-22)24-15-20-14-19(6-11-23(20)29-24)25-27-12-13-28-25/h2-15,26,29H,1H3,(H,27,28). The number of imidazole rings is 1. The Morgan fingerprint density at radius 3 is 2.23 bits per heavy atom. The molecular formula is C25H20N4O. The van der Waals surface area contributed by atoms with Gasteiger partial charge in [0.05, 0.1) is 0 Å². The highest BCUT2D eigenvalue weighted by atomic mass is 16.5. The highest BCUT2D eigenvalue weighted by Gasteiger charge is 2.07. The topological polar surface area (TPSA) is 77.5 Å². The Kier molecular flexibility index (Phi) is 4.41. The van der Waals surface area contributed by atoms with Crippen LogP contribution in [0.25, 0.3) is 33.5 Å². The van der Waals surface area contributed by atoms with Crippen molar-refractivity contribution in [3.63, 3.8) is 0 Å². The fraction of sp³-hybridized carbons (Fsp3) is 0.0400. The van der Waals surface area contributed by atoms with Crippen LogP contribution in [0.1, 0.15) is 12.5 Å². The zero-order valence-electron chi connectivity index (χ0n) is 16.4. The summed E-state index contributed by atoms with van der Waals surface area (Å²) in [5, 5.41) is 8.81. The van der Waals surface area contributed by atoms with E-state index in [1.165, 1.54) is 0 Å². The Labute approximate surface area is 173 Å². The van der Waals surface area contributed by atoms with E-state index in [1.54, 1.807) is 13.1 Å². The molecule has 2 aromatic heterocycles. The maximum atomic E-state index is 7.67. The molecule has 30 heavy (non-hydrogen) atoms. The van der Waals surface area contributed by atoms with E-state index in [1.807, 2.05) is 54.7 Å². The molecule has 146 valence electrons. The van der Waals surface area contributed by atoms with Crippen molar-refractivity contribution in [3.05, 3.63) is 90.8 Å². The zero-order valence-corrected chi connectivity index (χ0v) is 16.4. The molecule has 5 aromatic rings. The van der Waals surface area contributed by atoms with Gasteiger partial charge in [-0.15, -0.1) is 0 Å². The van der Waals surface area contributed by atoms with Gasteiger partial charge in [-0.3, -0.25) is 0 Å². The molecule has 5 nitrogen and oxygen atoms in total. The van der Waals surface area contributed by atoms with Crippen molar-refractivity contribution in [1.82, 2.24) is 15.0 Å². The smallest absolute Gasteiger partial charge is 0.137 e. The molecule has 0 radical (unpaired) electrons. The first kappa shape index (κ1) is 17.9. The largest absolute Gasteiger partial charge is 0.457 e. The van der Waals surface area contributed by atoms with E-state index in [0.29, 0.717) is 5.71 Å². The van der Waals surface area contributed by atoms with Crippen LogP contribution < -0.4 is 4.74 Å². The minimum atomic E-state index is 0.542. The lowest BCUT2D eigenvalue weighted by Crippen LogP contribution is -1.91. The molecule has 5 heteroatoms. The summed E-state index contributed by atoms with van der Waals surface area (Å²) >= 11 is 0. The predicted molar refractivity (Wildman–Crippen MR) is 120 cm³/mol. The van der Waals surface area contributed by atoms with Crippen molar-refractivity contribution < 1.29 is 4.74 Å². The number of hydrogen-bond donors (Lipinski definition) is 3. The SMILES string of the molecule is CC(=N)c1ccc(Oc2ccc(-c3cc4cc(-c5ncc[nH]5)ccc4[nH]3)cc2)cc1. The Morgan fingerprint density at radius 1 is 0.867 bits per heavy atom. The van der Waals surface area contributed by atoms with E-state index in [9.17, 15) is 0 Å². The van der Waals surface area contributed by atoms with Crippen LogP contribution in [-0.4, -0.2) is 20.7 Å². The van der Waals surface area contributed by atoms with E-state index in [2.05, 4.69) is 39.2 Å². The van der Waals surface area contributed by atoms with Crippen molar-refractivity contribution in [2.45, 2.75) is 6.92 Å². The van der Waals surface area contributed by atoms with E-state index < -0.39 is 0 Å². The van der Waals surface area contributed by atoms with Gasteiger partial charge in [0.15, 0.2) is 0 Å². The molecule has 0 aliphatic heterocycles. The first-order valence-corrected chi connectivity index (χ1v) is 9.72. The van der Waals surface area contributed by atoms with E-state index in [0.717, 1.165) is 50.6 Å². The van der Waals surface area contributed by atoms with E-state index in [-0.39, 0.29) is 0 Å². The van der Waals surface area contributed by atoms with Gasteiger partial charge in [-0.25, -0.2) is 4.98 Å². The lowest BCUT2D eigenvalue weighted by molar-refractivity contribution is 0.483. The Bertz CT molecular complexity index is 1310. The molecule has 0 fully saturated rings. The summed E-state index contributed by atoms with van der Waals surface area (Å²) in [7, 11) is 0. The number of nitrogens with zero attached hydrogens (tertiary/aromatic N) is 1. The van der Waals surface area contributed by atoms with E-state index >= 15 is 0 Å². The molecule has 0 aliphatic carbocycles. The number of aromatic nitrogens is 3. The maximum absolute atomic E-state index is 7.67. The summed E-state index contributed by atoms with van der Waals surface area (Å²) in [6.45, 7) is 1.77. The molecule has 0 spiro atoms. The molecule has 0 saturated carbocycles. The van der Waals surface area contributed by atoms with Crippen molar-refractivity contribution >= 4 is 16.6 Å². The molecule has 0 saturated heterocycles. The zero-order chi connectivity index (χ0) is 20.5. The molecular weight excluding hydrogens is 372 g/mol. The molecule has 0 unspecified atom stereocenters. The Morgan fingerprint density at radius 2 is 1.57 bits per heavy atom. The summed E-state index contributed by atoms with van der Waals surface area (Å²) in [6, 6.07) is 24.0. The molecule has 0 amide bonds. The molecule has 2 heterocycles. The molecule has 5 rings (SSSR count). The average Bonchev–Trinajstić information content (AvgIpc) is 3.44. The number of benzene rings is 3. The maximum Gasteiger partial charge on any atom is 0.137 e. The number of fused-ring (bicyclic) bond motifs is 1. The molecule has 3 aromatic carbocycles. The lowest BCUT2D eigenvalue weighted by Gasteiger charge is -2.07. The van der Waals surface area contributed by atoms with Crippen LogP contribution in [0.2, 0.25) is 0 Å². The van der Waals surface area contributed by atoms with Crippen molar-refractivity contribution in [2.24, 2.45) is 0 Å². The van der Waals surface area contributed by atoms with Crippen molar-refractivity contribution in [3.8, 4) is 34.1 Å². The third kappa shape index (κ3) is 3.49. The number of aromatic amines is 2. The second-order valence-electron chi connectivity index (χ2n) is 7.20. The summed E-state index contributed by atoms with van der Waals surface area (Å²) in [5.41, 5.74) is 5.73. The van der Waals surface area contributed by atoms with Gasteiger partial charge in [0, 0.05) is 40.3 Å². The van der Waals surface area contributed by atoms with Gasteiger partial charge >= 0.3 is 0 Å². The van der Waals surface area contributed by atoms with Crippen LogP contribution in [0.3, 0.4) is 0 Å². The van der Waals surface area contributed by atoms with Gasteiger partial charge < -0.3 is 20.1 Å². The fourth-order valence-corrected chi connectivity index (χ4v) is 3.47. The van der Waals surface area contributed by atoms with Crippen LogP contribution >= 0.6 is 0 Å². The highest BCUT2D eigenvalue weighted by Crippen LogP contribution is 2.29. The van der Waals surface area contributed by atoms with Gasteiger partial charge in [-0.2, -0.15) is 0 Å². The lowest BCUT2D eigenvalue weighted by atomic mass is 10.1. The third-order valence-electron chi connectivity index (χ3n) is 5.08. The highest BCUT2D eigenvalue weighted by molar-refractivity contribution is 5.96. The van der Waals surface area contributed by atoms with Crippen LogP contribution in [0, 0.1) is 5.41 Å². The normalized spacial score (nSPS) is 11.0. The second kappa shape index (κ2) is 7.37. The van der Waals surface area contributed by atoms with Crippen molar-refractivity contribution in [2.75, 3.05) is 0 Å². The average molecular weight is 392 g/mol. The van der Waals surface area contributed by atoms with Crippen LogP contribution in [0.5, 0.6) is 11.5 Å². The first-order chi connectivity index (χ1) is 14.7. The van der Waals surface area contributed by atoms with Crippen molar-refractivity contribution in [1.29, 1.82) is 5.41 Å². The molecule has 0 aliphatic rings. The van der Waals surface area contributed by atoms with Crippen LogP contribution in [-0.2, 0) is 0 Å². The van der Waals surface area contributed by atoms with Gasteiger partial charge in [0.25, 0.3) is 0 Å². The fourth-order valence-electron chi connectivity index (χ4n) is 3.47. The minimum absolute atomic E-state index is 0.542. The minimum Gasteiger partial charge on any atom is -0.457 e. The van der Waals surface area contributed by atoms with Gasteiger partial charge in [0.2, 0.25) is 0 Å². The number of H-pyrrole nitrogens is 2. The summed E-state index contributed by atoms with van der Waals surface area (Å²) in [4.78, 5) is 10.9. The molecule has 3 N–H and O–H groups in total. The van der Waals surface area contributed by atoms with Gasteiger partial charge in [-0.05, 0) is 90.8 Å². The predicted octanol–water partition coefficient (Wildman–Crippen LogP) is 6.41. The van der Waals surface area contributed by atoms with E-state index in [4.69, 9.17) is 10.1 Å². The summed E-state index contributed by atoms with van der Waals surface area (Å²) in [5.74, 6) is 2.39. The number of nitrogens with one attached hydrogen (secondary N) is 3. The third-order valence-corrected chi connectivity index (χ3v) is 5.08. The molecule has 0 atom stereocenters. The first-order valence-electron chi connectivity index (χ1n) is 9.72. The Hall–Kier alpha value is -4.12. The number of ether oxygens (including phenoxy) is 1. The van der Waals surface area contributed by atoms with Gasteiger partial charge in [-0.1, -0.05) is 0 Å². The number of hydrogen-bond acceptors (Lipinski definition) is 3. The second-order valence-corrected chi connectivity index (χ2v) is 7.20. The molecule has 0 bridgehead atoms. The monoisotopic (exact) mass is 392 g/mol. The van der Waals surface area contributed by atoms with Gasteiger partial charge in [0.1, 0.15) is 17.3 Å². The van der Waals surface area contributed by atoms with Crippen LogP contribution in [0.4, 0.5) is 0 Å². The Balaban J connectivity index is 1.37. The summed E-state index contributed by atoms with van der Waals surface area (Å²) in [6.07, 6.45) is 3.59. The summed E-state index contributed by atoms with van der Waals surface area (Å²) < 4.78 is 5.93.